The SMILES string of the molecule is C1=CSC(c2cc(-c3c4ccccc4c(-c4ccnc(-c5nccs5)c4)c4ccc(-c5cc(-c6ccccc6)cc(-c6ccccc6)c5)cc34)ccn2)N1. The van der Waals surface area contributed by atoms with Gasteiger partial charge in [0.05, 0.1) is 11.4 Å². The molecule has 0 fully saturated rings. The van der Waals surface area contributed by atoms with Crippen LogP contribution in [0.4, 0.5) is 0 Å². The van der Waals surface area contributed by atoms with Gasteiger partial charge in [-0.25, -0.2) is 4.98 Å². The maximum absolute atomic E-state index is 4.81. The zero-order valence-electron chi connectivity index (χ0n) is 29.1. The van der Waals surface area contributed by atoms with E-state index in [4.69, 9.17) is 9.97 Å². The summed E-state index contributed by atoms with van der Waals surface area (Å²) in [7, 11) is 0. The molecule has 1 N–H and O–H groups in total. The summed E-state index contributed by atoms with van der Waals surface area (Å²) in [6, 6.07) is 52.8. The van der Waals surface area contributed by atoms with Gasteiger partial charge in [-0.1, -0.05) is 97.1 Å². The van der Waals surface area contributed by atoms with Crippen molar-refractivity contribution in [2.45, 2.75) is 5.37 Å². The molecule has 0 amide bonds. The average molecular weight is 729 g/mol. The molecule has 1 aliphatic heterocycles. The van der Waals surface area contributed by atoms with E-state index in [0.29, 0.717) is 0 Å². The standard InChI is InChI=1S/C48H32N4S2/c1-3-9-31(10-4-1)36-25-37(32-11-5-2-6-12-32)27-38(26-36)33-15-16-41-42(28-33)46(35-18-20-50-44(30-35)48-52-22-24-54-48)40-14-8-7-13-39(40)45(41)34-17-19-49-43(29-34)47-51-21-23-53-47/h1-30,48,52H. The van der Waals surface area contributed by atoms with Crippen molar-refractivity contribution in [1.82, 2.24) is 20.3 Å². The van der Waals surface area contributed by atoms with E-state index < -0.39 is 0 Å². The average Bonchev–Trinajstić information content (AvgIpc) is 4.00. The molecule has 0 bridgehead atoms. The van der Waals surface area contributed by atoms with Gasteiger partial charge >= 0.3 is 0 Å². The van der Waals surface area contributed by atoms with Gasteiger partial charge in [-0.3, -0.25) is 9.97 Å². The van der Waals surface area contributed by atoms with Crippen LogP contribution in [0.5, 0.6) is 0 Å². The van der Waals surface area contributed by atoms with Crippen LogP contribution in [0.1, 0.15) is 11.1 Å². The molecular weight excluding hydrogens is 697 g/mol. The number of aromatic nitrogens is 3. The molecule has 0 spiro atoms. The minimum atomic E-state index is 0.0792. The normalized spacial score (nSPS) is 13.7. The van der Waals surface area contributed by atoms with E-state index in [1.807, 2.05) is 30.2 Å². The number of thioether (sulfide) groups is 1. The van der Waals surface area contributed by atoms with Crippen LogP contribution in [-0.4, -0.2) is 15.0 Å². The van der Waals surface area contributed by atoms with Crippen LogP contribution in [-0.2, 0) is 0 Å². The third kappa shape index (κ3) is 5.96. The number of fused-ring (bicyclic) bond motifs is 2. The highest BCUT2D eigenvalue weighted by Gasteiger charge is 2.21. The fourth-order valence-electron chi connectivity index (χ4n) is 7.61. The number of thiazole rings is 1. The predicted octanol–water partition coefficient (Wildman–Crippen LogP) is 13.0. The maximum Gasteiger partial charge on any atom is 0.141 e. The van der Waals surface area contributed by atoms with Crippen molar-refractivity contribution in [2.75, 3.05) is 0 Å². The Kier molecular flexibility index (Phi) is 8.32. The first-order valence-electron chi connectivity index (χ1n) is 17.9. The molecule has 0 radical (unpaired) electrons. The Bertz CT molecular complexity index is 2770. The summed E-state index contributed by atoms with van der Waals surface area (Å²) in [6.45, 7) is 0. The van der Waals surface area contributed by atoms with Crippen LogP contribution in [0.25, 0.3) is 87.9 Å². The highest BCUT2D eigenvalue weighted by molar-refractivity contribution is 8.02. The highest BCUT2D eigenvalue weighted by atomic mass is 32.2. The molecular formula is C48H32N4S2. The summed E-state index contributed by atoms with van der Waals surface area (Å²) in [4.78, 5) is 14.1. The van der Waals surface area contributed by atoms with Gasteiger partial charge < -0.3 is 5.32 Å². The van der Waals surface area contributed by atoms with Crippen molar-refractivity contribution in [1.29, 1.82) is 0 Å². The van der Waals surface area contributed by atoms with Crippen molar-refractivity contribution >= 4 is 44.6 Å². The van der Waals surface area contributed by atoms with Crippen LogP contribution in [0.2, 0.25) is 0 Å². The molecule has 54 heavy (non-hydrogen) atoms. The summed E-state index contributed by atoms with van der Waals surface area (Å²) < 4.78 is 0. The second-order valence-corrected chi connectivity index (χ2v) is 15.2. The first-order chi connectivity index (χ1) is 26.8. The van der Waals surface area contributed by atoms with Gasteiger partial charge in [-0.05, 0) is 131 Å². The number of rotatable bonds is 7. The van der Waals surface area contributed by atoms with Gasteiger partial charge in [-0.2, -0.15) is 0 Å². The smallest absolute Gasteiger partial charge is 0.141 e. The maximum atomic E-state index is 4.81. The lowest BCUT2D eigenvalue weighted by Gasteiger charge is -2.20. The van der Waals surface area contributed by atoms with Crippen LogP contribution in [0.3, 0.4) is 0 Å². The lowest BCUT2D eigenvalue weighted by molar-refractivity contribution is 0.828. The first kappa shape index (κ1) is 32.3. The summed E-state index contributed by atoms with van der Waals surface area (Å²) in [5, 5.41) is 13.3. The predicted molar refractivity (Wildman–Crippen MR) is 228 cm³/mol. The number of hydrogen-bond donors (Lipinski definition) is 1. The minimum Gasteiger partial charge on any atom is -0.374 e. The third-order valence-electron chi connectivity index (χ3n) is 10.1. The quantitative estimate of drug-likeness (QED) is 0.166. The Labute approximate surface area is 322 Å². The molecule has 0 aliphatic carbocycles. The molecule has 0 saturated carbocycles. The molecule has 4 nitrogen and oxygen atoms in total. The number of benzene rings is 6. The van der Waals surface area contributed by atoms with Crippen molar-refractivity contribution in [3.05, 3.63) is 187 Å². The molecule has 256 valence electrons. The van der Waals surface area contributed by atoms with E-state index >= 15 is 0 Å². The molecule has 3 aromatic heterocycles. The van der Waals surface area contributed by atoms with E-state index in [9.17, 15) is 0 Å². The number of nitrogens with zero attached hydrogens (tertiary/aromatic N) is 3. The van der Waals surface area contributed by atoms with Gasteiger partial charge in [0.15, 0.2) is 0 Å². The van der Waals surface area contributed by atoms with Crippen LogP contribution >= 0.6 is 23.1 Å². The summed E-state index contributed by atoms with van der Waals surface area (Å²) in [5.41, 5.74) is 13.6. The summed E-state index contributed by atoms with van der Waals surface area (Å²) in [5.74, 6) is 0. The number of hydrogen-bond acceptors (Lipinski definition) is 6. The molecule has 1 aliphatic rings. The van der Waals surface area contributed by atoms with Gasteiger partial charge in [0.2, 0.25) is 0 Å². The van der Waals surface area contributed by atoms with Crippen molar-refractivity contribution in [2.24, 2.45) is 0 Å². The van der Waals surface area contributed by atoms with E-state index in [1.165, 1.54) is 60.5 Å². The summed E-state index contributed by atoms with van der Waals surface area (Å²) >= 11 is 3.35. The van der Waals surface area contributed by atoms with Crippen molar-refractivity contribution in [3.63, 3.8) is 0 Å². The van der Waals surface area contributed by atoms with Gasteiger partial charge in [0.1, 0.15) is 10.4 Å². The topological polar surface area (TPSA) is 50.7 Å². The Morgan fingerprint density at radius 3 is 1.70 bits per heavy atom. The van der Waals surface area contributed by atoms with Crippen LogP contribution in [0, 0.1) is 0 Å². The Morgan fingerprint density at radius 1 is 0.444 bits per heavy atom. The molecule has 4 heterocycles. The van der Waals surface area contributed by atoms with Crippen molar-refractivity contribution in [3.8, 4) is 66.3 Å². The highest BCUT2D eigenvalue weighted by Crippen LogP contribution is 2.46. The Balaban J connectivity index is 1.25. The monoisotopic (exact) mass is 728 g/mol. The fraction of sp³-hybridized carbons (Fsp3) is 0.0208. The fourth-order valence-corrected chi connectivity index (χ4v) is 8.95. The lowest BCUT2D eigenvalue weighted by atomic mass is 9.84. The summed E-state index contributed by atoms with van der Waals surface area (Å²) in [6.07, 6.45) is 7.69. The molecule has 0 saturated heterocycles. The van der Waals surface area contributed by atoms with Gasteiger partial charge in [-0.15, -0.1) is 23.1 Å². The largest absolute Gasteiger partial charge is 0.374 e. The second kappa shape index (κ2) is 13.9. The van der Waals surface area contributed by atoms with Crippen LogP contribution in [0.15, 0.2) is 181 Å². The van der Waals surface area contributed by atoms with E-state index in [1.54, 1.807) is 23.1 Å². The zero-order valence-corrected chi connectivity index (χ0v) is 30.7. The second-order valence-electron chi connectivity index (χ2n) is 13.3. The molecule has 1 unspecified atom stereocenters. The van der Waals surface area contributed by atoms with E-state index in [-0.39, 0.29) is 5.37 Å². The molecule has 1 atom stereocenters. The molecule has 9 aromatic rings. The zero-order chi connectivity index (χ0) is 35.8. The molecule has 6 aromatic carbocycles. The van der Waals surface area contributed by atoms with Gasteiger partial charge in [0, 0.05) is 30.2 Å². The van der Waals surface area contributed by atoms with Gasteiger partial charge in [0.25, 0.3) is 0 Å². The Morgan fingerprint density at radius 2 is 1.06 bits per heavy atom. The molecule has 10 rings (SSSR count). The number of nitrogens with one attached hydrogen (secondary N) is 1. The minimum absolute atomic E-state index is 0.0792. The van der Waals surface area contributed by atoms with Crippen LogP contribution < -0.4 is 5.32 Å². The van der Waals surface area contributed by atoms with E-state index in [2.05, 4.69) is 161 Å². The third-order valence-corrected chi connectivity index (χ3v) is 11.8. The Hall–Kier alpha value is -6.34. The van der Waals surface area contributed by atoms with Crippen molar-refractivity contribution < 1.29 is 0 Å². The number of pyridine rings is 2. The lowest BCUT2D eigenvalue weighted by Crippen LogP contribution is -2.08. The van der Waals surface area contributed by atoms with E-state index in [0.717, 1.165) is 33.1 Å². The molecule has 6 heteroatoms. The first-order valence-corrected chi connectivity index (χ1v) is 19.7.